The summed E-state index contributed by atoms with van der Waals surface area (Å²) in [6, 6.07) is 6.83. The molecule has 3 N–H and O–H groups in total. The predicted octanol–water partition coefficient (Wildman–Crippen LogP) is 2.47. The number of aromatic hydroxyl groups is 1. The van der Waals surface area contributed by atoms with Gasteiger partial charge in [-0.3, -0.25) is 9.52 Å². The molecule has 8 nitrogen and oxygen atoms in total. The molecule has 1 fully saturated rings. The molecular weight excluding hydrogens is 404 g/mol. The van der Waals surface area contributed by atoms with Crippen molar-refractivity contribution in [2.45, 2.75) is 35.9 Å². The van der Waals surface area contributed by atoms with Crippen molar-refractivity contribution in [1.29, 1.82) is 0 Å². The molecule has 0 unspecified atom stereocenters. The second-order valence-corrected chi connectivity index (χ2v) is 9.25. The van der Waals surface area contributed by atoms with E-state index < -0.39 is 28.5 Å². The second kappa shape index (κ2) is 8.61. The van der Waals surface area contributed by atoms with Crippen molar-refractivity contribution in [1.82, 2.24) is 5.32 Å². The zero-order chi connectivity index (χ0) is 20.1. The number of benzene rings is 1. The van der Waals surface area contributed by atoms with Crippen LogP contribution >= 0.6 is 11.3 Å². The van der Waals surface area contributed by atoms with Crippen molar-refractivity contribution in [3.63, 3.8) is 0 Å². The van der Waals surface area contributed by atoms with Crippen molar-refractivity contribution in [2.24, 2.45) is 0 Å². The standard InChI is InChI=1S/C18H20N2O6S2/c21-15-8-7-13(20-28(24,25)17-6-3-9-27-17)10-14(15)18(23)26-11-16(22)19-12-4-1-2-5-12/h3,6-10,12,20-21H,1-2,4-5,11H2,(H,19,22). The third-order valence-electron chi connectivity index (χ3n) is 4.28. The van der Waals surface area contributed by atoms with Crippen LogP contribution in [0.25, 0.3) is 0 Å². The van der Waals surface area contributed by atoms with Crippen molar-refractivity contribution < 1.29 is 27.9 Å². The van der Waals surface area contributed by atoms with E-state index in [2.05, 4.69) is 10.0 Å². The van der Waals surface area contributed by atoms with Gasteiger partial charge in [0.1, 0.15) is 15.5 Å². The third-order valence-corrected chi connectivity index (χ3v) is 7.06. The van der Waals surface area contributed by atoms with Gasteiger partial charge >= 0.3 is 5.97 Å². The van der Waals surface area contributed by atoms with E-state index in [1.54, 1.807) is 11.4 Å². The van der Waals surface area contributed by atoms with Gasteiger partial charge in [0.05, 0.1) is 0 Å². The molecule has 28 heavy (non-hydrogen) atoms. The van der Waals surface area contributed by atoms with E-state index in [1.165, 1.54) is 18.2 Å². The zero-order valence-corrected chi connectivity index (χ0v) is 16.5. The van der Waals surface area contributed by atoms with E-state index >= 15 is 0 Å². The molecule has 2 aromatic rings. The molecule has 1 aromatic carbocycles. The van der Waals surface area contributed by atoms with Gasteiger partial charge in [-0.25, -0.2) is 13.2 Å². The number of anilines is 1. The largest absolute Gasteiger partial charge is 0.507 e. The van der Waals surface area contributed by atoms with Crippen molar-refractivity contribution >= 4 is 38.9 Å². The highest BCUT2D eigenvalue weighted by Gasteiger charge is 2.21. The number of ether oxygens (including phenoxy) is 1. The van der Waals surface area contributed by atoms with E-state index in [1.807, 2.05) is 0 Å². The highest BCUT2D eigenvalue weighted by atomic mass is 32.2. The minimum Gasteiger partial charge on any atom is -0.507 e. The van der Waals surface area contributed by atoms with Crippen molar-refractivity contribution in [3.8, 4) is 5.75 Å². The van der Waals surface area contributed by atoms with Gasteiger partial charge in [-0.2, -0.15) is 0 Å². The van der Waals surface area contributed by atoms with Crippen LogP contribution in [-0.4, -0.2) is 38.0 Å². The maximum absolute atomic E-state index is 12.3. The molecule has 1 aliphatic rings. The van der Waals surface area contributed by atoms with Gasteiger partial charge in [-0.1, -0.05) is 18.9 Å². The molecule has 0 radical (unpaired) electrons. The average molecular weight is 425 g/mol. The SMILES string of the molecule is O=C(COC(=O)c1cc(NS(=O)(=O)c2cccs2)ccc1O)NC1CCCC1. The average Bonchev–Trinajstić information content (AvgIpc) is 3.35. The Hall–Kier alpha value is -2.59. The summed E-state index contributed by atoms with van der Waals surface area (Å²) < 4.78 is 32.0. The zero-order valence-electron chi connectivity index (χ0n) is 14.9. The van der Waals surface area contributed by atoms with Crippen LogP contribution < -0.4 is 10.0 Å². The summed E-state index contributed by atoms with van der Waals surface area (Å²) in [5, 5.41) is 14.3. The number of sulfonamides is 1. The second-order valence-electron chi connectivity index (χ2n) is 6.39. The number of phenolic OH excluding ortho intramolecular Hbond substituents is 1. The molecule has 0 aliphatic heterocycles. The summed E-state index contributed by atoms with van der Waals surface area (Å²) in [5.74, 6) is -1.70. The predicted molar refractivity (Wildman–Crippen MR) is 104 cm³/mol. The lowest BCUT2D eigenvalue weighted by Gasteiger charge is -2.13. The Morgan fingerprint density at radius 3 is 2.64 bits per heavy atom. The number of phenols is 1. The van der Waals surface area contributed by atoms with Crippen molar-refractivity contribution in [2.75, 3.05) is 11.3 Å². The monoisotopic (exact) mass is 424 g/mol. The molecule has 0 bridgehead atoms. The summed E-state index contributed by atoms with van der Waals surface area (Å²) in [6.45, 7) is -0.472. The molecule has 0 atom stereocenters. The van der Waals surface area contributed by atoms with Gasteiger partial charge in [0.2, 0.25) is 0 Å². The fourth-order valence-corrected chi connectivity index (χ4v) is 4.98. The van der Waals surface area contributed by atoms with E-state index in [0.29, 0.717) is 0 Å². The maximum atomic E-state index is 12.3. The Morgan fingerprint density at radius 1 is 1.21 bits per heavy atom. The highest BCUT2D eigenvalue weighted by molar-refractivity contribution is 7.94. The van der Waals surface area contributed by atoms with Gasteiger partial charge < -0.3 is 15.2 Å². The number of hydrogen-bond acceptors (Lipinski definition) is 7. The summed E-state index contributed by atoms with van der Waals surface area (Å²) in [6.07, 6.45) is 3.94. The van der Waals surface area contributed by atoms with Gasteiger partial charge in [0, 0.05) is 11.7 Å². The summed E-state index contributed by atoms with van der Waals surface area (Å²) in [7, 11) is -3.79. The van der Waals surface area contributed by atoms with E-state index in [0.717, 1.165) is 43.1 Å². The van der Waals surface area contributed by atoms with Crippen LogP contribution in [0, 0.1) is 0 Å². The Kier molecular flexibility index (Phi) is 6.20. The van der Waals surface area contributed by atoms with Crippen LogP contribution in [0.4, 0.5) is 5.69 Å². The molecule has 1 saturated carbocycles. The van der Waals surface area contributed by atoms with Crippen LogP contribution in [-0.2, 0) is 19.6 Å². The highest BCUT2D eigenvalue weighted by Crippen LogP contribution is 2.25. The van der Waals surface area contributed by atoms with E-state index in [-0.39, 0.29) is 27.3 Å². The molecule has 1 aromatic heterocycles. The number of rotatable bonds is 7. The smallest absolute Gasteiger partial charge is 0.342 e. The molecule has 0 spiro atoms. The molecule has 10 heteroatoms. The minimum absolute atomic E-state index is 0.0913. The summed E-state index contributed by atoms with van der Waals surface area (Å²) in [4.78, 5) is 24.1. The molecule has 150 valence electrons. The number of nitrogens with one attached hydrogen (secondary N) is 2. The Balaban J connectivity index is 1.63. The lowest BCUT2D eigenvalue weighted by molar-refractivity contribution is -0.124. The molecule has 3 rings (SSSR count). The molecule has 1 amide bonds. The molecule has 1 aliphatic carbocycles. The van der Waals surface area contributed by atoms with Crippen LogP contribution in [0.2, 0.25) is 0 Å². The van der Waals surface area contributed by atoms with Crippen LogP contribution in [0.5, 0.6) is 5.75 Å². The topological polar surface area (TPSA) is 122 Å². The number of hydrogen-bond donors (Lipinski definition) is 3. The number of esters is 1. The van der Waals surface area contributed by atoms with E-state index in [9.17, 15) is 23.1 Å². The van der Waals surface area contributed by atoms with Crippen LogP contribution in [0.3, 0.4) is 0 Å². The third kappa shape index (κ3) is 5.02. The summed E-state index contributed by atoms with van der Waals surface area (Å²) >= 11 is 1.05. The number of carbonyl (C=O) groups is 2. The number of carbonyl (C=O) groups excluding carboxylic acids is 2. The van der Waals surface area contributed by atoms with Gasteiger partial charge in [-0.15, -0.1) is 11.3 Å². The van der Waals surface area contributed by atoms with Crippen LogP contribution in [0.1, 0.15) is 36.0 Å². The van der Waals surface area contributed by atoms with Gasteiger partial charge in [0.15, 0.2) is 6.61 Å². The normalized spacial score (nSPS) is 14.6. The quantitative estimate of drug-likeness (QED) is 0.464. The Morgan fingerprint density at radius 2 is 1.96 bits per heavy atom. The van der Waals surface area contributed by atoms with Gasteiger partial charge in [-0.05, 0) is 42.5 Å². The summed E-state index contributed by atoms with van der Waals surface area (Å²) in [5.41, 5.74) is -0.145. The molecular formula is C18H20N2O6S2. The lowest BCUT2D eigenvalue weighted by Crippen LogP contribution is -2.35. The first-order valence-electron chi connectivity index (χ1n) is 8.71. The fourth-order valence-electron chi connectivity index (χ4n) is 2.93. The Bertz CT molecular complexity index is 950. The van der Waals surface area contributed by atoms with Crippen molar-refractivity contribution in [3.05, 3.63) is 41.3 Å². The van der Waals surface area contributed by atoms with E-state index in [4.69, 9.17) is 4.74 Å². The Labute approximate surface area is 166 Å². The minimum atomic E-state index is -3.79. The first-order chi connectivity index (χ1) is 13.3. The fraction of sp³-hybridized carbons (Fsp3) is 0.333. The number of thiophene rings is 1. The van der Waals surface area contributed by atoms with Gasteiger partial charge in [0.25, 0.3) is 15.9 Å². The van der Waals surface area contributed by atoms with Crippen LogP contribution in [0.15, 0.2) is 39.9 Å². The first-order valence-corrected chi connectivity index (χ1v) is 11.1. The molecule has 1 heterocycles. The first kappa shape index (κ1) is 20.2. The maximum Gasteiger partial charge on any atom is 0.342 e. The molecule has 0 saturated heterocycles. The number of amides is 1. The lowest BCUT2D eigenvalue weighted by atomic mass is 10.2.